The molecule has 1 aromatic rings. The minimum absolute atomic E-state index is 0.113. The Morgan fingerprint density at radius 1 is 1.69 bits per heavy atom. The Morgan fingerprint density at radius 3 is 2.88 bits per heavy atom. The van der Waals surface area contributed by atoms with E-state index in [0.717, 1.165) is 6.07 Å². The quantitative estimate of drug-likeness (QED) is 0.461. The number of benzene rings is 1. The van der Waals surface area contributed by atoms with Crippen LogP contribution in [0.25, 0.3) is 10.4 Å². The van der Waals surface area contributed by atoms with Gasteiger partial charge in [-0.3, -0.25) is 4.79 Å². The van der Waals surface area contributed by atoms with E-state index in [9.17, 15) is 9.18 Å². The van der Waals surface area contributed by atoms with E-state index in [1.54, 1.807) is 0 Å². The Morgan fingerprint density at radius 2 is 2.38 bits per heavy atom. The maximum Gasteiger partial charge on any atom is 0.320 e. The van der Waals surface area contributed by atoms with Gasteiger partial charge in [0.15, 0.2) is 0 Å². The molecule has 1 atom stereocenters. The summed E-state index contributed by atoms with van der Waals surface area (Å²) < 4.78 is 13.4. The Kier molecular flexibility index (Phi) is 3.82. The first-order valence-electron chi connectivity index (χ1n) is 4.36. The van der Waals surface area contributed by atoms with Crippen molar-refractivity contribution in [3.8, 4) is 0 Å². The van der Waals surface area contributed by atoms with Gasteiger partial charge in [-0.2, -0.15) is 0 Å². The Labute approximate surface area is 90.1 Å². The maximum atomic E-state index is 13.4. The van der Waals surface area contributed by atoms with Gasteiger partial charge in [-0.05, 0) is 17.2 Å². The predicted molar refractivity (Wildman–Crippen MR) is 54.5 cm³/mol. The number of carbonyl (C=O) groups is 1. The number of nitrogens with zero attached hydrogens (tertiary/aromatic N) is 3. The molecule has 16 heavy (non-hydrogen) atoms. The number of carboxylic acids is 1. The van der Waals surface area contributed by atoms with Gasteiger partial charge in [0.2, 0.25) is 0 Å². The van der Waals surface area contributed by atoms with Crippen LogP contribution in [-0.4, -0.2) is 17.1 Å². The standard InChI is InChI=1S/C9H9FN4O2/c10-7-4-6(13-14-12)2-1-5(7)3-8(11)9(15)16/h1-2,4,8H,3,11H2,(H,15,16)/t8-/m0/s1. The first kappa shape index (κ1) is 12.0. The van der Waals surface area contributed by atoms with E-state index in [4.69, 9.17) is 16.4 Å². The molecule has 0 unspecified atom stereocenters. The number of nitrogens with two attached hydrogens (primary N) is 1. The molecule has 0 aliphatic rings. The van der Waals surface area contributed by atoms with E-state index in [0.29, 0.717) is 0 Å². The largest absolute Gasteiger partial charge is 0.480 e. The monoisotopic (exact) mass is 224 g/mol. The van der Waals surface area contributed by atoms with Crippen molar-refractivity contribution in [2.75, 3.05) is 0 Å². The first-order chi connectivity index (χ1) is 7.54. The van der Waals surface area contributed by atoms with Crippen LogP contribution in [0, 0.1) is 5.82 Å². The summed E-state index contributed by atoms with van der Waals surface area (Å²) in [7, 11) is 0. The predicted octanol–water partition coefficient (Wildman–Crippen LogP) is 1.72. The summed E-state index contributed by atoms with van der Waals surface area (Å²) in [6.45, 7) is 0. The number of rotatable bonds is 4. The van der Waals surface area contributed by atoms with Gasteiger partial charge < -0.3 is 10.8 Å². The summed E-state index contributed by atoms with van der Waals surface area (Å²) >= 11 is 0. The van der Waals surface area contributed by atoms with Crippen LogP contribution in [0.3, 0.4) is 0 Å². The first-order valence-corrected chi connectivity index (χ1v) is 4.36. The van der Waals surface area contributed by atoms with Crippen molar-refractivity contribution >= 4 is 11.7 Å². The van der Waals surface area contributed by atoms with Crippen LogP contribution in [0.15, 0.2) is 23.3 Å². The summed E-state index contributed by atoms with van der Waals surface area (Å²) in [5.74, 6) is -1.83. The minimum atomic E-state index is -1.20. The normalized spacial score (nSPS) is 11.6. The molecular formula is C9H9FN4O2. The van der Waals surface area contributed by atoms with E-state index in [2.05, 4.69) is 10.0 Å². The van der Waals surface area contributed by atoms with Crippen LogP contribution in [0.1, 0.15) is 5.56 Å². The molecule has 7 heteroatoms. The molecule has 0 bridgehead atoms. The van der Waals surface area contributed by atoms with E-state index in [1.165, 1.54) is 12.1 Å². The molecule has 0 saturated carbocycles. The molecule has 6 nitrogen and oxygen atoms in total. The van der Waals surface area contributed by atoms with Crippen molar-refractivity contribution in [3.63, 3.8) is 0 Å². The fraction of sp³-hybridized carbons (Fsp3) is 0.222. The van der Waals surface area contributed by atoms with Gasteiger partial charge in [0.05, 0.1) is 0 Å². The van der Waals surface area contributed by atoms with Gasteiger partial charge in [-0.1, -0.05) is 17.2 Å². The number of azide groups is 1. The molecule has 0 radical (unpaired) electrons. The van der Waals surface area contributed by atoms with E-state index in [-0.39, 0.29) is 17.7 Å². The fourth-order valence-electron chi connectivity index (χ4n) is 1.14. The molecule has 1 aromatic carbocycles. The zero-order valence-corrected chi connectivity index (χ0v) is 8.17. The molecule has 0 aliphatic heterocycles. The number of carboxylic acid groups (broad SMARTS) is 1. The van der Waals surface area contributed by atoms with Gasteiger partial charge >= 0.3 is 5.97 Å². The van der Waals surface area contributed by atoms with E-state index < -0.39 is 17.8 Å². The summed E-state index contributed by atoms with van der Waals surface area (Å²) in [6, 6.07) is 2.62. The van der Waals surface area contributed by atoms with Crippen LogP contribution in [0.5, 0.6) is 0 Å². The van der Waals surface area contributed by atoms with Crippen molar-refractivity contribution in [2.24, 2.45) is 10.8 Å². The highest BCUT2D eigenvalue weighted by molar-refractivity contribution is 5.73. The van der Waals surface area contributed by atoms with Crippen molar-refractivity contribution < 1.29 is 14.3 Å². The Bertz CT molecular complexity index is 457. The second kappa shape index (κ2) is 5.11. The average Bonchev–Trinajstić information content (AvgIpc) is 2.22. The molecule has 0 spiro atoms. The summed E-state index contributed by atoms with van der Waals surface area (Å²) in [5, 5.41) is 11.8. The number of hydrogen-bond acceptors (Lipinski definition) is 3. The van der Waals surface area contributed by atoms with Gasteiger partial charge in [0, 0.05) is 17.0 Å². The molecular weight excluding hydrogens is 215 g/mol. The lowest BCUT2D eigenvalue weighted by atomic mass is 10.1. The van der Waals surface area contributed by atoms with Crippen LogP contribution < -0.4 is 5.73 Å². The highest BCUT2D eigenvalue weighted by Crippen LogP contribution is 2.18. The van der Waals surface area contributed by atoms with Gasteiger partial charge in [-0.25, -0.2) is 4.39 Å². The molecule has 3 N–H and O–H groups in total. The molecule has 84 valence electrons. The molecule has 0 amide bonds. The zero-order valence-electron chi connectivity index (χ0n) is 8.17. The Balaban J connectivity index is 2.91. The number of halogens is 1. The van der Waals surface area contributed by atoms with Gasteiger partial charge in [-0.15, -0.1) is 0 Å². The molecule has 0 saturated heterocycles. The van der Waals surface area contributed by atoms with Crippen LogP contribution in [-0.2, 0) is 11.2 Å². The lowest BCUT2D eigenvalue weighted by molar-refractivity contribution is -0.138. The minimum Gasteiger partial charge on any atom is -0.480 e. The highest BCUT2D eigenvalue weighted by atomic mass is 19.1. The van der Waals surface area contributed by atoms with Gasteiger partial charge in [0.1, 0.15) is 11.9 Å². The zero-order chi connectivity index (χ0) is 12.1. The summed E-state index contributed by atoms with van der Waals surface area (Å²) in [4.78, 5) is 13.0. The molecule has 0 aliphatic carbocycles. The third kappa shape index (κ3) is 2.94. The van der Waals surface area contributed by atoms with Crippen molar-refractivity contribution in [1.82, 2.24) is 0 Å². The number of aliphatic carboxylic acids is 1. The second-order valence-corrected chi connectivity index (χ2v) is 3.11. The third-order valence-corrected chi connectivity index (χ3v) is 1.95. The Hall–Kier alpha value is -2.11. The average molecular weight is 224 g/mol. The van der Waals surface area contributed by atoms with Crippen molar-refractivity contribution in [1.29, 1.82) is 0 Å². The van der Waals surface area contributed by atoms with Crippen LogP contribution in [0.4, 0.5) is 10.1 Å². The number of hydrogen-bond donors (Lipinski definition) is 2. The van der Waals surface area contributed by atoms with Crippen LogP contribution >= 0.6 is 0 Å². The molecule has 0 aromatic heterocycles. The summed E-state index contributed by atoms with van der Waals surface area (Å²) in [6.07, 6.45) is -0.113. The smallest absolute Gasteiger partial charge is 0.320 e. The molecule has 0 heterocycles. The second-order valence-electron chi connectivity index (χ2n) is 3.11. The molecule has 1 rings (SSSR count). The van der Waals surface area contributed by atoms with Crippen molar-refractivity contribution in [2.45, 2.75) is 12.5 Å². The van der Waals surface area contributed by atoms with E-state index in [1.807, 2.05) is 0 Å². The van der Waals surface area contributed by atoms with Gasteiger partial charge in [0.25, 0.3) is 0 Å². The highest BCUT2D eigenvalue weighted by Gasteiger charge is 2.14. The van der Waals surface area contributed by atoms with Crippen molar-refractivity contribution in [3.05, 3.63) is 40.0 Å². The van der Waals surface area contributed by atoms with Crippen LogP contribution in [0.2, 0.25) is 0 Å². The lowest BCUT2D eigenvalue weighted by Crippen LogP contribution is -2.32. The topological polar surface area (TPSA) is 112 Å². The molecule has 0 fully saturated rings. The third-order valence-electron chi connectivity index (χ3n) is 1.95. The lowest BCUT2D eigenvalue weighted by Gasteiger charge is -2.07. The maximum absolute atomic E-state index is 13.4. The fourth-order valence-corrected chi connectivity index (χ4v) is 1.14. The van der Waals surface area contributed by atoms with E-state index >= 15 is 0 Å². The summed E-state index contributed by atoms with van der Waals surface area (Å²) in [5.41, 5.74) is 13.7. The SMILES string of the molecule is [N-]=[N+]=Nc1ccc(C[C@H](N)C(=O)O)c(F)c1.